The third-order valence-corrected chi connectivity index (χ3v) is 3.53. The second kappa shape index (κ2) is 9.31. The molecule has 1 aromatic carbocycles. The maximum atomic E-state index is 12.0. The number of ether oxygens (including phenoxy) is 2. The lowest BCUT2D eigenvalue weighted by atomic mass is 10.1. The normalized spacial score (nSPS) is 11.3. The van der Waals surface area contributed by atoms with Crippen LogP contribution in [0.2, 0.25) is 0 Å². The number of methoxy groups -OCH3 is 2. The van der Waals surface area contributed by atoms with Crippen LogP contribution in [-0.4, -0.2) is 43.3 Å². The van der Waals surface area contributed by atoms with Gasteiger partial charge in [-0.3, -0.25) is 4.98 Å². The van der Waals surface area contributed by atoms with E-state index in [0.29, 0.717) is 30.4 Å². The van der Waals surface area contributed by atoms with Crippen molar-refractivity contribution >= 4 is 11.8 Å². The molecule has 2 rings (SSSR count). The second-order valence-electron chi connectivity index (χ2n) is 5.25. The molecule has 0 saturated carbocycles. The number of hydrogen-bond donors (Lipinski definition) is 3. The van der Waals surface area contributed by atoms with Crippen LogP contribution in [0, 0.1) is 0 Å². The molecule has 0 aliphatic rings. The minimum Gasteiger partial charge on any atom is -0.497 e. The largest absolute Gasteiger partial charge is 0.497 e. The van der Waals surface area contributed by atoms with Gasteiger partial charge in [0.2, 0.25) is 0 Å². The number of nitrogens with zero attached hydrogens (tertiary/aromatic N) is 2. The smallest absolute Gasteiger partial charge is 0.315 e. The van der Waals surface area contributed by atoms with Crippen molar-refractivity contribution in [2.24, 2.45) is 0 Å². The minimum absolute atomic E-state index is 0.214. The Hall–Kier alpha value is -3.03. The summed E-state index contributed by atoms with van der Waals surface area (Å²) in [5.41, 5.74) is 0.871. The summed E-state index contributed by atoms with van der Waals surface area (Å²) in [5, 5.41) is 8.73. The lowest BCUT2D eigenvalue weighted by Gasteiger charge is -2.18. The third-order valence-electron chi connectivity index (χ3n) is 3.53. The zero-order valence-electron chi connectivity index (χ0n) is 14.6. The van der Waals surface area contributed by atoms with Crippen molar-refractivity contribution in [2.45, 2.75) is 13.0 Å². The highest BCUT2D eigenvalue weighted by atomic mass is 16.5. The SMILES string of the molecule is COc1ccc([C@H](C)NC(=O)NCCNc2cnccn2)c(OC)c1. The van der Waals surface area contributed by atoms with Crippen molar-refractivity contribution in [2.75, 3.05) is 32.6 Å². The fraction of sp³-hybridized carbons (Fsp3) is 0.353. The monoisotopic (exact) mass is 345 g/mol. The molecule has 0 bridgehead atoms. The minimum atomic E-state index is -0.258. The van der Waals surface area contributed by atoms with Gasteiger partial charge in [-0.05, 0) is 19.1 Å². The zero-order valence-corrected chi connectivity index (χ0v) is 14.6. The molecule has 2 aromatic rings. The highest BCUT2D eigenvalue weighted by Gasteiger charge is 2.14. The summed E-state index contributed by atoms with van der Waals surface area (Å²) < 4.78 is 10.5. The summed E-state index contributed by atoms with van der Waals surface area (Å²) in [6.07, 6.45) is 4.83. The lowest BCUT2D eigenvalue weighted by molar-refractivity contribution is 0.238. The number of carbonyl (C=O) groups is 1. The van der Waals surface area contributed by atoms with Crippen molar-refractivity contribution < 1.29 is 14.3 Å². The van der Waals surface area contributed by atoms with Crippen LogP contribution in [0.15, 0.2) is 36.8 Å². The lowest BCUT2D eigenvalue weighted by Crippen LogP contribution is -2.39. The first-order valence-corrected chi connectivity index (χ1v) is 7.90. The highest BCUT2D eigenvalue weighted by molar-refractivity contribution is 5.74. The maximum absolute atomic E-state index is 12.0. The first-order chi connectivity index (χ1) is 12.1. The molecule has 1 aromatic heterocycles. The summed E-state index contributed by atoms with van der Waals surface area (Å²) in [6.45, 7) is 2.89. The van der Waals surface area contributed by atoms with E-state index < -0.39 is 0 Å². The van der Waals surface area contributed by atoms with Crippen LogP contribution in [0.25, 0.3) is 0 Å². The average molecular weight is 345 g/mol. The van der Waals surface area contributed by atoms with Crippen molar-refractivity contribution in [1.82, 2.24) is 20.6 Å². The predicted molar refractivity (Wildman–Crippen MR) is 95.0 cm³/mol. The third kappa shape index (κ3) is 5.52. The van der Waals surface area contributed by atoms with E-state index in [-0.39, 0.29) is 12.1 Å². The quantitative estimate of drug-likeness (QED) is 0.633. The molecule has 8 nitrogen and oxygen atoms in total. The molecule has 1 atom stereocenters. The van der Waals surface area contributed by atoms with Crippen LogP contribution in [0.5, 0.6) is 11.5 Å². The highest BCUT2D eigenvalue weighted by Crippen LogP contribution is 2.29. The number of urea groups is 1. The summed E-state index contributed by atoms with van der Waals surface area (Å²) in [6, 6.07) is 5.02. The van der Waals surface area contributed by atoms with Crippen molar-refractivity contribution in [1.29, 1.82) is 0 Å². The number of hydrogen-bond acceptors (Lipinski definition) is 6. The van der Waals surface area contributed by atoms with Gasteiger partial charge in [0, 0.05) is 37.1 Å². The van der Waals surface area contributed by atoms with Crippen LogP contribution in [0.4, 0.5) is 10.6 Å². The molecule has 0 aliphatic carbocycles. The number of benzene rings is 1. The van der Waals surface area contributed by atoms with Crippen LogP contribution >= 0.6 is 0 Å². The van der Waals surface area contributed by atoms with Gasteiger partial charge >= 0.3 is 6.03 Å². The van der Waals surface area contributed by atoms with Crippen LogP contribution in [0.1, 0.15) is 18.5 Å². The predicted octanol–water partition coefficient (Wildman–Crippen LogP) is 1.97. The molecule has 2 amide bonds. The first-order valence-electron chi connectivity index (χ1n) is 7.90. The molecule has 25 heavy (non-hydrogen) atoms. The van der Waals surface area contributed by atoms with Crippen molar-refractivity contribution in [3.8, 4) is 11.5 Å². The Morgan fingerprint density at radius 1 is 1.20 bits per heavy atom. The molecule has 0 spiro atoms. The summed E-state index contributed by atoms with van der Waals surface area (Å²) in [4.78, 5) is 20.1. The van der Waals surface area contributed by atoms with Gasteiger partial charge in [-0.15, -0.1) is 0 Å². The molecular weight excluding hydrogens is 322 g/mol. The van der Waals surface area contributed by atoms with Gasteiger partial charge in [0.25, 0.3) is 0 Å². The molecule has 0 radical (unpaired) electrons. The van der Waals surface area contributed by atoms with Gasteiger partial charge in [0.15, 0.2) is 0 Å². The standard InChI is InChI=1S/C17H23N5O3/c1-12(14-5-4-13(24-2)10-15(14)25-3)22-17(23)21-9-8-20-16-11-18-6-7-19-16/h4-7,10-12H,8-9H2,1-3H3,(H,19,20)(H2,21,22,23)/t12-/m0/s1. The molecule has 0 unspecified atom stereocenters. The molecular formula is C17H23N5O3. The van der Waals surface area contributed by atoms with Crippen LogP contribution in [0.3, 0.4) is 0 Å². The molecule has 3 N–H and O–H groups in total. The Morgan fingerprint density at radius 2 is 2.04 bits per heavy atom. The van der Waals surface area contributed by atoms with E-state index in [1.165, 1.54) is 0 Å². The van der Waals surface area contributed by atoms with Gasteiger partial charge in [0.05, 0.1) is 26.5 Å². The van der Waals surface area contributed by atoms with E-state index in [1.54, 1.807) is 38.9 Å². The first kappa shape index (κ1) is 18.3. The number of rotatable bonds is 8. The van der Waals surface area contributed by atoms with E-state index in [4.69, 9.17) is 9.47 Å². The van der Waals surface area contributed by atoms with Crippen LogP contribution < -0.4 is 25.4 Å². The summed E-state index contributed by atoms with van der Waals surface area (Å²) >= 11 is 0. The Bertz CT molecular complexity index is 681. The Morgan fingerprint density at radius 3 is 2.72 bits per heavy atom. The van der Waals surface area contributed by atoms with E-state index in [2.05, 4.69) is 25.9 Å². The van der Waals surface area contributed by atoms with Gasteiger partial charge in [-0.2, -0.15) is 0 Å². The number of nitrogens with one attached hydrogen (secondary N) is 3. The zero-order chi connectivity index (χ0) is 18.1. The van der Waals surface area contributed by atoms with Gasteiger partial charge in [-0.1, -0.05) is 0 Å². The number of carbonyl (C=O) groups excluding carboxylic acids is 1. The fourth-order valence-corrected chi connectivity index (χ4v) is 2.26. The molecule has 8 heteroatoms. The second-order valence-corrected chi connectivity index (χ2v) is 5.25. The molecule has 1 heterocycles. The molecule has 0 saturated heterocycles. The van der Waals surface area contributed by atoms with Crippen LogP contribution in [-0.2, 0) is 0 Å². The Balaban J connectivity index is 1.79. The van der Waals surface area contributed by atoms with Gasteiger partial charge in [0.1, 0.15) is 17.3 Å². The molecule has 134 valence electrons. The van der Waals surface area contributed by atoms with E-state index in [9.17, 15) is 4.79 Å². The number of aromatic nitrogens is 2. The molecule has 0 fully saturated rings. The van der Waals surface area contributed by atoms with Crippen molar-refractivity contribution in [3.63, 3.8) is 0 Å². The number of anilines is 1. The number of amides is 2. The van der Waals surface area contributed by atoms with E-state index in [0.717, 1.165) is 5.56 Å². The van der Waals surface area contributed by atoms with E-state index in [1.807, 2.05) is 19.1 Å². The van der Waals surface area contributed by atoms with Gasteiger partial charge < -0.3 is 25.4 Å². The summed E-state index contributed by atoms with van der Waals surface area (Å²) in [5.74, 6) is 2.03. The summed E-state index contributed by atoms with van der Waals surface area (Å²) in [7, 11) is 3.18. The van der Waals surface area contributed by atoms with E-state index >= 15 is 0 Å². The average Bonchev–Trinajstić information content (AvgIpc) is 2.65. The molecule has 0 aliphatic heterocycles. The van der Waals surface area contributed by atoms with Crippen molar-refractivity contribution in [3.05, 3.63) is 42.4 Å². The fourth-order valence-electron chi connectivity index (χ4n) is 2.26. The maximum Gasteiger partial charge on any atom is 0.315 e. The van der Waals surface area contributed by atoms with Gasteiger partial charge in [-0.25, -0.2) is 9.78 Å². The topological polar surface area (TPSA) is 97.4 Å². The Kier molecular flexibility index (Phi) is 6.82. The Labute approximate surface area is 147 Å².